The van der Waals surface area contributed by atoms with Gasteiger partial charge >= 0.3 is 0 Å². The summed E-state index contributed by atoms with van der Waals surface area (Å²) in [6.45, 7) is 1.95. The Hall–Kier alpha value is -1.62. The zero-order chi connectivity index (χ0) is 13.8. The highest BCUT2D eigenvalue weighted by Crippen LogP contribution is 2.28. The molecule has 0 aliphatic heterocycles. The van der Waals surface area contributed by atoms with Crippen LogP contribution in [0.3, 0.4) is 0 Å². The van der Waals surface area contributed by atoms with Gasteiger partial charge in [0, 0.05) is 26.2 Å². The molecule has 1 aromatic rings. The van der Waals surface area contributed by atoms with Crippen LogP contribution >= 0.6 is 0 Å². The molecule has 0 heterocycles. The van der Waals surface area contributed by atoms with Crippen molar-refractivity contribution in [3.63, 3.8) is 0 Å². The Kier molecular flexibility index (Phi) is 4.37. The van der Waals surface area contributed by atoms with Crippen LogP contribution in [-0.4, -0.2) is 30.5 Å². The number of nitro groups is 1. The predicted molar refractivity (Wildman–Crippen MR) is 76.3 cm³/mol. The topological polar surface area (TPSA) is 58.4 Å². The molecule has 2 rings (SSSR count). The van der Waals surface area contributed by atoms with Crippen molar-refractivity contribution in [2.24, 2.45) is 5.92 Å². The molecule has 0 spiro atoms. The van der Waals surface area contributed by atoms with Crippen LogP contribution in [0.1, 0.15) is 24.8 Å². The SMILES string of the molecule is CNc1cc(CN(C)CC2CCC2)ccc1[N+](=O)[O-]. The van der Waals surface area contributed by atoms with E-state index in [0.29, 0.717) is 5.69 Å². The molecule has 0 unspecified atom stereocenters. The van der Waals surface area contributed by atoms with E-state index in [1.54, 1.807) is 13.1 Å². The first-order chi connectivity index (χ1) is 9.10. The minimum atomic E-state index is -0.353. The van der Waals surface area contributed by atoms with Gasteiger partial charge in [0.05, 0.1) is 4.92 Å². The van der Waals surface area contributed by atoms with Gasteiger partial charge in [-0.1, -0.05) is 12.5 Å². The van der Waals surface area contributed by atoms with Gasteiger partial charge < -0.3 is 10.2 Å². The van der Waals surface area contributed by atoms with Gasteiger partial charge in [0.25, 0.3) is 5.69 Å². The van der Waals surface area contributed by atoms with Crippen molar-refractivity contribution < 1.29 is 4.92 Å². The van der Waals surface area contributed by atoms with Crippen LogP contribution in [0.5, 0.6) is 0 Å². The average Bonchev–Trinajstić information content (AvgIpc) is 2.33. The van der Waals surface area contributed by atoms with Crippen LogP contribution in [0.4, 0.5) is 11.4 Å². The first-order valence-corrected chi connectivity index (χ1v) is 6.73. The summed E-state index contributed by atoms with van der Waals surface area (Å²) in [5, 5.41) is 13.8. The third-order valence-corrected chi connectivity index (χ3v) is 3.77. The van der Waals surface area contributed by atoms with Gasteiger partial charge in [0.15, 0.2) is 0 Å². The van der Waals surface area contributed by atoms with Gasteiger partial charge in [-0.05, 0) is 37.4 Å². The second-order valence-electron chi connectivity index (χ2n) is 5.35. The molecule has 0 amide bonds. The highest BCUT2D eigenvalue weighted by Gasteiger charge is 2.19. The molecule has 0 saturated heterocycles. The molecule has 5 heteroatoms. The average molecular weight is 263 g/mol. The third-order valence-electron chi connectivity index (χ3n) is 3.77. The number of anilines is 1. The van der Waals surface area contributed by atoms with Crippen LogP contribution < -0.4 is 5.32 Å². The quantitative estimate of drug-likeness (QED) is 0.633. The second-order valence-corrected chi connectivity index (χ2v) is 5.35. The molecule has 0 aromatic heterocycles. The van der Waals surface area contributed by atoms with Gasteiger partial charge in [0.2, 0.25) is 0 Å². The summed E-state index contributed by atoms with van der Waals surface area (Å²) in [5.41, 5.74) is 1.82. The monoisotopic (exact) mass is 263 g/mol. The van der Waals surface area contributed by atoms with E-state index in [1.807, 2.05) is 12.1 Å². The first-order valence-electron chi connectivity index (χ1n) is 6.73. The molecular weight excluding hydrogens is 242 g/mol. The molecular formula is C14H21N3O2. The fraction of sp³-hybridized carbons (Fsp3) is 0.571. The Morgan fingerprint density at radius 2 is 2.21 bits per heavy atom. The summed E-state index contributed by atoms with van der Waals surface area (Å²) >= 11 is 0. The molecule has 0 radical (unpaired) electrons. The van der Waals surface area contributed by atoms with E-state index in [4.69, 9.17) is 0 Å². The van der Waals surface area contributed by atoms with Gasteiger partial charge in [-0.2, -0.15) is 0 Å². The summed E-state index contributed by atoms with van der Waals surface area (Å²) in [6, 6.07) is 5.30. The van der Waals surface area contributed by atoms with Crippen LogP contribution in [0.25, 0.3) is 0 Å². The van der Waals surface area contributed by atoms with Crippen molar-refractivity contribution >= 4 is 11.4 Å². The summed E-state index contributed by atoms with van der Waals surface area (Å²) < 4.78 is 0. The zero-order valence-electron chi connectivity index (χ0n) is 11.6. The minimum absolute atomic E-state index is 0.132. The number of hydrogen-bond acceptors (Lipinski definition) is 4. The Balaban J connectivity index is 2.01. The lowest BCUT2D eigenvalue weighted by Crippen LogP contribution is -2.29. The number of nitrogens with zero attached hydrogens (tertiary/aromatic N) is 2. The highest BCUT2D eigenvalue weighted by molar-refractivity contribution is 5.62. The van der Waals surface area contributed by atoms with Gasteiger partial charge in [-0.25, -0.2) is 0 Å². The lowest BCUT2D eigenvalue weighted by molar-refractivity contribution is -0.384. The fourth-order valence-corrected chi connectivity index (χ4v) is 2.53. The van der Waals surface area contributed by atoms with E-state index in [-0.39, 0.29) is 10.6 Å². The summed E-state index contributed by atoms with van der Waals surface area (Å²) in [7, 11) is 3.82. The van der Waals surface area contributed by atoms with Crippen molar-refractivity contribution in [2.45, 2.75) is 25.8 Å². The van der Waals surface area contributed by atoms with Gasteiger partial charge in [-0.15, -0.1) is 0 Å². The van der Waals surface area contributed by atoms with Crippen LogP contribution in [0, 0.1) is 16.0 Å². The maximum atomic E-state index is 10.9. The number of benzene rings is 1. The maximum Gasteiger partial charge on any atom is 0.292 e. The summed E-state index contributed by atoms with van der Waals surface area (Å²) in [5.74, 6) is 0.840. The van der Waals surface area contributed by atoms with Crippen molar-refractivity contribution in [2.75, 3.05) is 26.0 Å². The van der Waals surface area contributed by atoms with E-state index in [2.05, 4.69) is 17.3 Å². The Bertz CT molecular complexity index is 458. The predicted octanol–water partition coefficient (Wildman–Crippen LogP) is 2.87. The molecule has 5 nitrogen and oxygen atoms in total. The number of hydrogen-bond donors (Lipinski definition) is 1. The Morgan fingerprint density at radius 3 is 2.74 bits per heavy atom. The molecule has 1 saturated carbocycles. The maximum absolute atomic E-state index is 10.9. The molecule has 0 bridgehead atoms. The molecule has 1 N–H and O–H groups in total. The minimum Gasteiger partial charge on any atom is -0.383 e. The number of rotatable bonds is 6. The number of nitrogens with one attached hydrogen (secondary N) is 1. The third kappa shape index (κ3) is 3.44. The highest BCUT2D eigenvalue weighted by atomic mass is 16.6. The standard InChI is InChI=1S/C14H21N3O2/c1-15-13-8-12(6-7-14(13)17(18)19)10-16(2)9-11-4-3-5-11/h6-8,11,15H,3-5,9-10H2,1-2H3. The molecule has 104 valence electrons. The lowest BCUT2D eigenvalue weighted by atomic mass is 9.85. The molecule has 1 fully saturated rings. The normalized spacial score (nSPS) is 15.3. The van der Waals surface area contributed by atoms with E-state index >= 15 is 0 Å². The second kappa shape index (κ2) is 6.02. The summed E-state index contributed by atoms with van der Waals surface area (Å²) in [6.07, 6.45) is 4.04. The molecule has 0 atom stereocenters. The van der Waals surface area contributed by atoms with Crippen LogP contribution in [0.15, 0.2) is 18.2 Å². The van der Waals surface area contributed by atoms with E-state index in [9.17, 15) is 10.1 Å². The first kappa shape index (κ1) is 13.8. The smallest absolute Gasteiger partial charge is 0.292 e. The molecule has 19 heavy (non-hydrogen) atoms. The van der Waals surface area contributed by atoms with E-state index in [0.717, 1.165) is 24.6 Å². The fourth-order valence-electron chi connectivity index (χ4n) is 2.53. The van der Waals surface area contributed by atoms with Crippen LogP contribution in [-0.2, 0) is 6.54 Å². The molecule has 1 aliphatic rings. The van der Waals surface area contributed by atoms with Gasteiger partial charge in [-0.3, -0.25) is 10.1 Å². The van der Waals surface area contributed by atoms with Crippen molar-refractivity contribution in [1.82, 2.24) is 4.90 Å². The summed E-state index contributed by atoms with van der Waals surface area (Å²) in [4.78, 5) is 12.8. The van der Waals surface area contributed by atoms with Crippen LogP contribution in [0.2, 0.25) is 0 Å². The van der Waals surface area contributed by atoms with Crippen molar-refractivity contribution in [3.05, 3.63) is 33.9 Å². The Morgan fingerprint density at radius 1 is 1.47 bits per heavy atom. The Labute approximate surface area is 113 Å². The van der Waals surface area contributed by atoms with Gasteiger partial charge in [0.1, 0.15) is 5.69 Å². The largest absolute Gasteiger partial charge is 0.383 e. The lowest BCUT2D eigenvalue weighted by Gasteiger charge is -2.30. The van der Waals surface area contributed by atoms with E-state index in [1.165, 1.54) is 19.3 Å². The van der Waals surface area contributed by atoms with E-state index < -0.39 is 0 Å². The van der Waals surface area contributed by atoms with Crippen molar-refractivity contribution in [3.8, 4) is 0 Å². The molecule has 1 aromatic carbocycles. The zero-order valence-corrected chi connectivity index (χ0v) is 11.6. The molecule has 1 aliphatic carbocycles. The van der Waals surface area contributed by atoms with Crippen molar-refractivity contribution in [1.29, 1.82) is 0 Å². The number of nitro benzene ring substituents is 1.